The van der Waals surface area contributed by atoms with Crippen molar-refractivity contribution in [1.29, 1.82) is 0 Å². The number of hydrogen-bond donors (Lipinski definition) is 1. The highest BCUT2D eigenvalue weighted by Crippen LogP contribution is 2.43. The Balaban J connectivity index is 1.70. The van der Waals surface area contributed by atoms with Gasteiger partial charge < -0.3 is 5.32 Å². The molecule has 21 heavy (non-hydrogen) atoms. The standard InChI is InChI=1S/C19H29NS/c1-2-12-20-18(13-15-8-4-3-5-9-15)17-14-21-19-11-7-6-10-16(17)19/h6-7,10-11,15,17-18,20H,2-5,8-9,12-14H2,1H3. The van der Waals surface area contributed by atoms with E-state index in [0.29, 0.717) is 6.04 Å². The Labute approximate surface area is 134 Å². The van der Waals surface area contributed by atoms with Gasteiger partial charge in [0, 0.05) is 22.6 Å². The second-order valence-electron chi connectivity index (χ2n) is 6.76. The van der Waals surface area contributed by atoms with Crippen molar-refractivity contribution in [3.63, 3.8) is 0 Å². The van der Waals surface area contributed by atoms with Gasteiger partial charge in [0.1, 0.15) is 0 Å². The average molecular weight is 304 g/mol. The van der Waals surface area contributed by atoms with E-state index in [0.717, 1.165) is 11.8 Å². The van der Waals surface area contributed by atoms with Crippen LogP contribution in [0.3, 0.4) is 0 Å². The molecule has 116 valence electrons. The molecule has 2 aliphatic rings. The zero-order valence-electron chi connectivity index (χ0n) is 13.3. The summed E-state index contributed by atoms with van der Waals surface area (Å²) in [7, 11) is 0. The zero-order valence-corrected chi connectivity index (χ0v) is 14.1. The van der Waals surface area contributed by atoms with Crippen LogP contribution in [0.25, 0.3) is 0 Å². The topological polar surface area (TPSA) is 12.0 Å². The number of hydrogen-bond acceptors (Lipinski definition) is 2. The minimum absolute atomic E-state index is 0.684. The third kappa shape index (κ3) is 3.84. The molecule has 2 heteroatoms. The molecule has 0 spiro atoms. The Kier molecular flexibility index (Phi) is 5.65. The number of fused-ring (bicyclic) bond motifs is 1. The number of rotatable bonds is 6. The van der Waals surface area contributed by atoms with Gasteiger partial charge >= 0.3 is 0 Å². The molecule has 3 rings (SSSR count). The lowest BCUT2D eigenvalue weighted by molar-refractivity contribution is 0.283. The molecule has 0 aromatic heterocycles. The molecule has 0 radical (unpaired) electrons. The molecule has 1 saturated carbocycles. The fourth-order valence-electron chi connectivity index (χ4n) is 4.02. The minimum atomic E-state index is 0.684. The Hall–Kier alpha value is -0.470. The Morgan fingerprint density at radius 2 is 2.00 bits per heavy atom. The summed E-state index contributed by atoms with van der Waals surface area (Å²) in [6.45, 7) is 3.45. The van der Waals surface area contributed by atoms with Gasteiger partial charge in [-0.25, -0.2) is 0 Å². The van der Waals surface area contributed by atoms with Crippen LogP contribution >= 0.6 is 11.8 Å². The largest absolute Gasteiger partial charge is 0.313 e. The van der Waals surface area contributed by atoms with Gasteiger partial charge in [-0.1, -0.05) is 57.2 Å². The predicted molar refractivity (Wildman–Crippen MR) is 93.2 cm³/mol. The highest BCUT2D eigenvalue weighted by Gasteiger charge is 2.31. The molecule has 0 bridgehead atoms. The summed E-state index contributed by atoms with van der Waals surface area (Å²) >= 11 is 2.06. The minimum Gasteiger partial charge on any atom is -0.313 e. The summed E-state index contributed by atoms with van der Waals surface area (Å²) in [5.74, 6) is 2.96. The normalized spacial score (nSPS) is 24.0. The van der Waals surface area contributed by atoms with Crippen molar-refractivity contribution in [2.45, 2.75) is 68.7 Å². The van der Waals surface area contributed by atoms with E-state index in [1.807, 2.05) is 0 Å². The number of benzene rings is 1. The molecule has 1 aliphatic carbocycles. The van der Waals surface area contributed by atoms with Gasteiger partial charge in [-0.2, -0.15) is 0 Å². The summed E-state index contributed by atoms with van der Waals surface area (Å²) in [6, 6.07) is 9.75. The van der Waals surface area contributed by atoms with E-state index in [-0.39, 0.29) is 0 Å². The van der Waals surface area contributed by atoms with Crippen LogP contribution in [0.4, 0.5) is 0 Å². The summed E-state index contributed by atoms with van der Waals surface area (Å²) in [5, 5.41) is 3.89. The van der Waals surface area contributed by atoms with Crippen LogP contribution in [0, 0.1) is 5.92 Å². The quantitative estimate of drug-likeness (QED) is 0.773. The van der Waals surface area contributed by atoms with Gasteiger partial charge in [0.2, 0.25) is 0 Å². The lowest BCUT2D eigenvalue weighted by atomic mass is 9.80. The van der Waals surface area contributed by atoms with E-state index in [1.165, 1.54) is 62.1 Å². The number of thioether (sulfide) groups is 1. The lowest BCUT2D eigenvalue weighted by Crippen LogP contribution is -2.37. The van der Waals surface area contributed by atoms with Crippen molar-refractivity contribution in [3.8, 4) is 0 Å². The third-order valence-electron chi connectivity index (χ3n) is 5.19. The monoisotopic (exact) mass is 303 g/mol. The van der Waals surface area contributed by atoms with Gasteiger partial charge in [0.15, 0.2) is 0 Å². The van der Waals surface area contributed by atoms with Crippen molar-refractivity contribution in [2.75, 3.05) is 12.3 Å². The Morgan fingerprint density at radius 1 is 1.19 bits per heavy atom. The second kappa shape index (κ2) is 7.69. The van der Waals surface area contributed by atoms with E-state index < -0.39 is 0 Å². The molecule has 2 unspecified atom stereocenters. The molecule has 1 aromatic carbocycles. The number of nitrogens with one attached hydrogen (secondary N) is 1. The third-order valence-corrected chi connectivity index (χ3v) is 6.40. The summed E-state index contributed by atoms with van der Waals surface area (Å²) in [6.07, 6.45) is 9.94. The first-order chi connectivity index (χ1) is 10.4. The van der Waals surface area contributed by atoms with Gasteiger partial charge in [0.05, 0.1) is 0 Å². The fraction of sp³-hybridized carbons (Fsp3) is 0.684. The maximum absolute atomic E-state index is 3.89. The summed E-state index contributed by atoms with van der Waals surface area (Å²) in [5.41, 5.74) is 1.60. The van der Waals surface area contributed by atoms with E-state index in [4.69, 9.17) is 0 Å². The van der Waals surface area contributed by atoms with E-state index in [1.54, 1.807) is 5.56 Å². The van der Waals surface area contributed by atoms with Crippen molar-refractivity contribution >= 4 is 11.8 Å². The highest BCUT2D eigenvalue weighted by molar-refractivity contribution is 7.99. The van der Waals surface area contributed by atoms with E-state index in [9.17, 15) is 0 Å². The summed E-state index contributed by atoms with van der Waals surface area (Å²) in [4.78, 5) is 1.52. The molecule has 2 atom stereocenters. The Bertz CT molecular complexity index is 439. The molecule has 1 nitrogen and oxygen atoms in total. The lowest BCUT2D eigenvalue weighted by Gasteiger charge is -2.31. The molecule has 0 amide bonds. The van der Waals surface area contributed by atoms with Gasteiger partial charge in [-0.05, 0) is 36.9 Å². The highest BCUT2D eigenvalue weighted by atomic mass is 32.2. The van der Waals surface area contributed by atoms with Crippen LogP contribution in [0.2, 0.25) is 0 Å². The van der Waals surface area contributed by atoms with Crippen molar-refractivity contribution < 1.29 is 0 Å². The second-order valence-corrected chi connectivity index (χ2v) is 7.82. The van der Waals surface area contributed by atoms with Gasteiger partial charge in [0.25, 0.3) is 0 Å². The zero-order chi connectivity index (χ0) is 14.5. The van der Waals surface area contributed by atoms with Crippen molar-refractivity contribution in [1.82, 2.24) is 5.32 Å². The van der Waals surface area contributed by atoms with E-state index in [2.05, 4.69) is 48.3 Å². The smallest absolute Gasteiger partial charge is 0.0147 e. The molecule has 1 aromatic rings. The van der Waals surface area contributed by atoms with Crippen molar-refractivity contribution in [3.05, 3.63) is 29.8 Å². The maximum atomic E-state index is 3.89. The SMILES string of the molecule is CCCNC(CC1CCCCC1)C1CSc2ccccc21. The predicted octanol–water partition coefficient (Wildman–Crippen LogP) is 5.21. The Morgan fingerprint density at radius 3 is 2.81 bits per heavy atom. The molecular weight excluding hydrogens is 274 g/mol. The molecule has 1 heterocycles. The van der Waals surface area contributed by atoms with Gasteiger partial charge in [-0.3, -0.25) is 0 Å². The van der Waals surface area contributed by atoms with E-state index >= 15 is 0 Å². The van der Waals surface area contributed by atoms with Gasteiger partial charge in [-0.15, -0.1) is 11.8 Å². The van der Waals surface area contributed by atoms with Crippen LogP contribution in [-0.2, 0) is 0 Å². The first-order valence-corrected chi connectivity index (χ1v) is 9.82. The van der Waals surface area contributed by atoms with Crippen LogP contribution in [0.15, 0.2) is 29.2 Å². The first-order valence-electron chi connectivity index (χ1n) is 8.83. The molecule has 1 fully saturated rings. The average Bonchev–Trinajstić information content (AvgIpc) is 2.96. The maximum Gasteiger partial charge on any atom is 0.0147 e. The van der Waals surface area contributed by atoms with Crippen LogP contribution in [0.1, 0.15) is 63.4 Å². The summed E-state index contributed by atoms with van der Waals surface area (Å²) < 4.78 is 0. The van der Waals surface area contributed by atoms with Crippen LogP contribution < -0.4 is 5.32 Å². The molecule has 1 N–H and O–H groups in total. The van der Waals surface area contributed by atoms with Crippen LogP contribution in [-0.4, -0.2) is 18.3 Å². The molecule has 1 aliphatic heterocycles. The molecular formula is C19H29NS. The first kappa shape index (κ1) is 15.4. The molecule has 0 saturated heterocycles. The van der Waals surface area contributed by atoms with Crippen LogP contribution in [0.5, 0.6) is 0 Å². The van der Waals surface area contributed by atoms with Crippen molar-refractivity contribution in [2.24, 2.45) is 5.92 Å². The fourth-order valence-corrected chi connectivity index (χ4v) is 5.35.